The first kappa shape index (κ1) is 16.4. The molecule has 1 N–H and O–H groups in total. The molecule has 0 saturated heterocycles. The Morgan fingerprint density at radius 2 is 1.69 bits per heavy atom. The second-order valence-corrected chi connectivity index (χ2v) is 2.97. The number of hydrogen-bond acceptors (Lipinski definition) is 1. The summed E-state index contributed by atoms with van der Waals surface area (Å²) >= 11 is 0. The van der Waals surface area contributed by atoms with Crippen LogP contribution in [0.5, 0.6) is 0 Å². The molecule has 16 heavy (non-hydrogen) atoms. The molecule has 1 aromatic carbocycles. The largest absolute Gasteiger partial charge is 1.00 e. The Morgan fingerprint density at radius 1 is 1.19 bits per heavy atom. The van der Waals surface area contributed by atoms with Crippen LogP contribution in [0, 0.1) is 5.92 Å². The topological polar surface area (TPSA) is 20.2 Å². The van der Waals surface area contributed by atoms with E-state index in [1.165, 1.54) is 24.3 Å². The number of hydrogen-bond donors (Lipinski definition) is 1. The third-order valence-electron chi connectivity index (χ3n) is 1.93. The summed E-state index contributed by atoms with van der Waals surface area (Å²) in [5.41, 5.74) is 0.0600. The minimum atomic E-state index is -4.84. The second kappa shape index (κ2) is 6.98. The molecule has 0 bridgehead atoms. The maximum Gasteiger partial charge on any atom is 1.00 e. The Kier molecular flexibility index (Phi) is 7.16. The number of halogens is 4. The van der Waals surface area contributed by atoms with Crippen molar-refractivity contribution in [1.29, 1.82) is 0 Å². The van der Waals surface area contributed by atoms with Crippen molar-refractivity contribution in [3.8, 4) is 0 Å². The summed E-state index contributed by atoms with van der Waals surface area (Å²) in [6, 6.07) is 7.20. The van der Waals surface area contributed by atoms with Crippen molar-refractivity contribution in [2.45, 2.75) is 12.3 Å². The molecule has 0 aliphatic heterocycles. The minimum absolute atomic E-state index is 0. The predicted molar refractivity (Wildman–Crippen MR) is 46.8 cm³/mol. The van der Waals surface area contributed by atoms with Gasteiger partial charge >= 0.3 is 57.6 Å². The Morgan fingerprint density at radius 3 is 2.06 bits per heavy atom. The summed E-state index contributed by atoms with van der Waals surface area (Å²) in [7, 11) is 0. The van der Waals surface area contributed by atoms with E-state index in [0.29, 0.717) is 0 Å². The average molecular weight is 260 g/mol. The number of benzene rings is 1. The van der Waals surface area contributed by atoms with Crippen LogP contribution in [0.2, 0.25) is 0 Å². The van der Waals surface area contributed by atoms with Crippen molar-refractivity contribution in [2.75, 3.05) is 6.67 Å². The van der Waals surface area contributed by atoms with Gasteiger partial charge in [0, 0.05) is 0 Å². The van der Waals surface area contributed by atoms with Crippen LogP contribution >= 0.6 is 0 Å². The first-order valence-electron chi connectivity index (χ1n) is 4.18. The molecular formula is C10H9F4KO. The van der Waals surface area contributed by atoms with E-state index in [1.54, 1.807) is 6.07 Å². The maximum atomic E-state index is 12.4. The first-order valence-corrected chi connectivity index (χ1v) is 4.18. The molecule has 0 amide bonds. The summed E-state index contributed by atoms with van der Waals surface area (Å²) in [6.07, 6.45) is -7.58. The number of alkyl halides is 4. The van der Waals surface area contributed by atoms with Gasteiger partial charge in [0.05, 0.1) is 6.67 Å². The fourth-order valence-corrected chi connectivity index (χ4v) is 1.16. The van der Waals surface area contributed by atoms with E-state index in [9.17, 15) is 17.6 Å². The summed E-state index contributed by atoms with van der Waals surface area (Å²) in [6.45, 7) is -1.33. The molecule has 1 unspecified atom stereocenters. The van der Waals surface area contributed by atoms with Crippen molar-refractivity contribution in [3.63, 3.8) is 0 Å². The fourth-order valence-electron chi connectivity index (χ4n) is 1.16. The normalized spacial score (nSPS) is 12.8. The molecular weight excluding hydrogens is 251 g/mol. The quantitative estimate of drug-likeness (QED) is 0.441. The second-order valence-electron chi connectivity index (χ2n) is 2.97. The third kappa shape index (κ3) is 4.35. The van der Waals surface area contributed by atoms with E-state index >= 15 is 0 Å². The Hall–Kier alpha value is 0.406. The molecule has 0 fully saturated rings. The Bertz CT molecular complexity index is 301. The van der Waals surface area contributed by atoms with Gasteiger partial charge in [0.2, 0.25) is 0 Å². The SMILES string of the molecule is OC([C-](CF)c1ccccc1)C(F)(F)F.[K+]. The van der Waals surface area contributed by atoms with Crippen LogP contribution in [0.4, 0.5) is 17.6 Å². The molecule has 1 nitrogen and oxygen atoms in total. The molecule has 6 heteroatoms. The van der Waals surface area contributed by atoms with Crippen molar-refractivity contribution < 1.29 is 74.1 Å². The van der Waals surface area contributed by atoms with E-state index < -0.39 is 24.9 Å². The number of rotatable bonds is 3. The summed E-state index contributed by atoms with van der Waals surface area (Å²) in [5.74, 6) is -0.664. The van der Waals surface area contributed by atoms with Gasteiger partial charge in [-0.25, -0.2) is 0 Å². The molecule has 0 radical (unpaired) electrons. The molecule has 84 valence electrons. The summed E-state index contributed by atoms with van der Waals surface area (Å²) in [5, 5.41) is 8.90. The van der Waals surface area contributed by atoms with E-state index in [2.05, 4.69) is 0 Å². The van der Waals surface area contributed by atoms with Gasteiger partial charge < -0.3 is 5.11 Å². The molecule has 1 aromatic rings. The molecule has 0 aliphatic carbocycles. The fraction of sp³-hybridized carbons (Fsp3) is 0.300. The molecule has 0 heterocycles. The van der Waals surface area contributed by atoms with E-state index in [0.717, 1.165) is 0 Å². The first-order chi connectivity index (χ1) is 6.96. The third-order valence-corrected chi connectivity index (χ3v) is 1.93. The van der Waals surface area contributed by atoms with Crippen molar-refractivity contribution in [3.05, 3.63) is 41.8 Å². The number of aliphatic hydroxyl groups excluding tert-OH is 1. The molecule has 1 atom stereocenters. The molecule has 0 aromatic heterocycles. The number of aliphatic hydroxyl groups is 1. The van der Waals surface area contributed by atoms with Gasteiger partial charge in [-0.3, -0.25) is 4.39 Å². The van der Waals surface area contributed by atoms with Gasteiger partial charge in [0.1, 0.15) is 6.10 Å². The zero-order valence-corrected chi connectivity index (χ0v) is 11.8. The van der Waals surface area contributed by atoms with E-state index in [-0.39, 0.29) is 56.9 Å². The molecule has 1 rings (SSSR count). The van der Waals surface area contributed by atoms with Gasteiger partial charge in [0.15, 0.2) is 0 Å². The van der Waals surface area contributed by atoms with Crippen LogP contribution in [-0.4, -0.2) is 24.1 Å². The average Bonchev–Trinajstić information content (AvgIpc) is 2.19. The zero-order valence-electron chi connectivity index (χ0n) is 8.63. The van der Waals surface area contributed by atoms with Crippen molar-refractivity contribution in [2.24, 2.45) is 0 Å². The smallest absolute Gasteiger partial charge is 0.392 e. The van der Waals surface area contributed by atoms with Gasteiger partial charge in [0.25, 0.3) is 0 Å². The maximum absolute atomic E-state index is 12.4. The summed E-state index contributed by atoms with van der Waals surface area (Å²) in [4.78, 5) is 0. The van der Waals surface area contributed by atoms with Crippen LogP contribution in [0.3, 0.4) is 0 Å². The predicted octanol–water partition coefficient (Wildman–Crippen LogP) is -0.494. The monoisotopic (exact) mass is 260 g/mol. The van der Waals surface area contributed by atoms with Crippen molar-refractivity contribution in [1.82, 2.24) is 0 Å². The Labute approximate surface area is 133 Å². The molecule has 0 spiro atoms. The van der Waals surface area contributed by atoms with Crippen LogP contribution < -0.4 is 51.4 Å². The van der Waals surface area contributed by atoms with Gasteiger partial charge in [-0.05, 0) is 0 Å². The molecule has 0 saturated carbocycles. The molecule has 0 aliphatic rings. The van der Waals surface area contributed by atoms with Crippen molar-refractivity contribution >= 4 is 0 Å². The standard InChI is InChI=1S/C10H9F4O.K/c11-6-8(9(15)10(12,13)14)7-4-2-1-3-5-7;/h1-5,9,15H,6H2;/q-1;+1. The van der Waals surface area contributed by atoms with Crippen LogP contribution in [0.25, 0.3) is 0 Å². The summed E-state index contributed by atoms with van der Waals surface area (Å²) < 4.78 is 48.8. The van der Waals surface area contributed by atoms with Crippen LogP contribution in [0.15, 0.2) is 30.3 Å². The van der Waals surface area contributed by atoms with Crippen LogP contribution in [0.1, 0.15) is 5.56 Å². The van der Waals surface area contributed by atoms with E-state index in [4.69, 9.17) is 5.11 Å². The van der Waals surface area contributed by atoms with Gasteiger partial charge in [-0.2, -0.15) is 30.9 Å². The minimum Gasteiger partial charge on any atom is -0.392 e. The van der Waals surface area contributed by atoms with Gasteiger partial charge in [-0.1, -0.05) is 6.07 Å². The van der Waals surface area contributed by atoms with Gasteiger partial charge in [-0.15, -0.1) is 18.1 Å². The Balaban J connectivity index is 0.00000225. The van der Waals surface area contributed by atoms with E-state index in [1.807, 2.05) is 0 Å². The zero-order chi connectivity index (χ0) is 11.5. The van der Waals surface area contributed by atoms with Crippen LogP contribution in [-0.2, 0) is 0 Å².